The maximum absolute atomic E-state index is 12.9. The number of benzene rings is 1. The second kappa shape index (κ2) is 10.7. The van der Waals surface area contributed by atoms with E-state index in [2.05, 4.69) is 29.2 Å². The smallest absolute Gasteiger partial charge is 0.343 e. The molecule has 3 heterocycles. The average molecular weight is 466 g/mol. The van der Waals surface area contributed by atoms with Crippen LogP contribution in [0.1, 0.15) is 28.0 Å². The van der Waals surface area contributed by atoms with Gasteiger partial charge in [0.2, 0.25) is 5.91 Å². The van der Waals surface area contributed by atoms with Crippen LogP contribution in [0.15, 0.2) is 47.3 Å². The first-order valence-corrected chi connectivity index (χ1v) is 11.6. The van der Waals surface area contributed by atoms with Crippen LogP contribution in [0.4, 0.5) is 0 Å². The van der Waals surface area contributed by atoms with Gasteiger partial charge in [0.25, 0.3) is 5.56 Å². The zero-order valence-corrected chi connectivity index (χ0v) is 19.7. The van der Waals surface area contributed by atoms with Gasteiger partial charge in [0.1, 0.15) is 11.3 Å². The summed E-state index contributed by atoms with van der Waals surface area (Å²) < 4.78 is 12.7. The Morgan fingerprint density at radius 1 is 1.15 bits per heavy atom. The molecule has 0 radical (unpaired) electrons. The maximum atomic E-state index is 12.9. The molecular formula is C26H31N3O5. The highest BCUT2D eigenvalue weighted by Gasteiger charge is 2.29. The predicted octanol–water partition coefficient (Wildman–Crippen LogP) is 2.06. The van der Waals surface area contributed by atoms with Gasteiger partial charge in [-0.1, -0.05) is 42.5 Å². The monoisotopic (exact) mass is 465 g/mol. The van der Waals surface area contributed by atoms with Gasteiger partial charge in [-0.3, -0.25) is 14.5 Å². The molecular weight excluding hydrogens is 434 g/mol. The van der Waals surface area contributed by atoms with Gasteiger partial charge in [0.15, 0.2) is 0 Å². The van der Waals surface area contributed by atoms with E-state index in [0.717, 1.165) is 12.1 Å². The Labute approximate surface area is 199 Å². The molecule has 1 atom stereocenters. The molecule has 1 fully saturated rings. The third-order valence-corrected chi connectivity index (χ3v) is 6.44. The molecule has 0 bridgehead atoms. The van der Waals surface area contributed by atoms with Crippen LogP contribution in [0.5, 0.6) is 5.75 Å². The number of ether oxygens (including phenoxy) is 2. The minimum absolute atomic E-state index is 0.0245. The molecule has 0 spiro atoms. The number of methoxy groups -OCH3 is 1. The average Bonchev–Trinajstić information content (AvgIpc) is 3.02. The molecule has 0 saturated carbocycles. The molecule has 2 aliphatic rings. The number of likely N-dealkylation sites (tertiary alicyclic amines) is 1. The van der Waals surface area contributed by atoms with Crippen molar-refractivity contribution in [2.45, 2.75) is 19.4 Å². The van der Waals surface area contributed by atoms with Crippen LogP contribution in [0.2, 0.25) is 0 Å². The first kappa shape index (κ1) is 23.8. The van der Waals surface area contributed by atoms with Crippen molar-refractivity contribution in [2.24, 2.45) is 5.92 Å². The SMILES string of the molecule is COC(=O)c1c(OC[C@@H]2CC(=O)N(C)C2)cc(=O)n2c1CCN(C/C=C/c1ccccc1)CC2. The number of pyridine rings is 1. The van der Waals surface area contributed by atoms with Crippen molar-refractivity contribution in [1.82, 2.24) is 14.4 Å². The van der Waals surface area contributed by atoms with Gasteiger partial charge in [0.05, 0.1) is 13.7 Å². The third-order valence-electron chi connectivity index (χ3n) is 6.44. The lowest BCUT2D eigenvalue weighted by molar-refractivity contribution is -0.126. The van der Waals surface area contributed by atoms with Gasteiger partial charge >= 0.3 is 5.97 Å². The summed E-state index contributed by atoms with van der Waals surface area (Å²) in [6, 6.07) is 11.5. The summed E-state index contributed by atoms with van der Waals surface area (Å²) in [5.74, 6) is -0.181. The topological polar surface area (TPSA) is 81.1 Å². The van der Waals surface area contributed by atoms with E-state index in [9.17, 15) is 14.4 Å². The Morgan fingerprint density at radius 2 is 1.94 bits per heavy atom. The first-order chi connectivity index (χ1) is 16.5. The fraction of sp³-hybridized carbons (Fsp3) is 0.423. The number of nitrogens with zero attached hydrogens (tertiary/aromatic N) is 3. The molecule has 34 heavy (non-hydrogen) atoms. The number of fused-ring (bicyclic) bond motifs is 1. The van der Waals surface area contributed by atoms with Gasteiger partial charge in [-0.15, -0.1) is 0 Å². The highest BCUT2D eigenvalue weighted by atomic mass is 16.5. The van der Waals surface area contributed by atoms with E-state index in [4.69, 9.17) is 9.47 Å². The third kappa shape index (κ3) is 5.39. The molecule has 8 nitrogen and oxygen atoms in total. The lowest BCUT2D eigenvalue weighted by Gasteiger charge is -2.18. The summed E-state index contributed by atoms with van der Waals surface area (Å²) >= 11 is 0. The Morgan fingerprint density at radius 3 is 2.65 bits per heavy atom. The minimum Gasteiger partial charge on any atom is -0.492 e. The Balaban J connectivity index is 1.51. The van der Waals surface area contributed by atoms with E-state index in [0.29, 0.717) is 50.3 Å². The molecule has 1 aromatic heterocycles. The fourth-order valence-corrected chi connectivity index (χ4v) is 4.59. The summed E-state index contributed by atoms with van der Waals surface area (Å²) in [6.45, 7) is 3.50. The van der Waals surface area contributed by atoms with Crippen molar-refractivity contribution in [1.29, 1.82) is 0 Å². The van der Waals surface area contributed by atoms with Crippen LogP contribution < -0.4 is 10.3 Å². The zero-order chi connectivity index (χ0) is 24.1. The summed E-state index contributed by atoms with van der Waals surface area (Å²) in [5, 5.41) is 0. The number of carbonyl (C=O) groups is 2. The van der Waals surface area contributed by atoms with Crippen LogP contribution in [0.25, 0.3) is 6.08 Å². The van der Waals surface area contributed by atoms with E-state index in [1.54, 1.807) is 16.5 Å². The fourth-order valence-electron chi connectivity index (χ4n) is 4.59. The summed E-state index contributed by atoms with van der Waals surface area (Å²) in [7, 11) is 3.09. The molecule has 0 N–H and O–H groups in total. The number of rotatable bonds is 7. The number of hydrogen-bond donors (Lipinski definition) is 0. The number of hydrogen-bond acceptors (Lipinski definition) is 6. The first-order valence-electron chi connectivity index (χ1n) is 11.6. The van der Waals surface area contributed by atoms with Crippen LogP contribution in [0.3, 0.4) is 0 Å². The standard InChI is InChI=1S/C26H31N3O5/c1-27-17-20(15-23(27)30)18-34-22-16-24(31)29-14-13-28(11-6-9-19-7-4-3-5-8-19)12-10-21(29)25(22)26(32)33-2/h3-9,16,20H,10-15,17-18H2,1-2H3/b9-6+/t20-/m1/s1. The lowest BCUT2D eigenvalue weighted by atomic mass is 10.1. The van der Waals surface area contributed by atoms with Crippen molar-refractivity contribution in [3.63, 3.8) is 0 Å². The van der Waals surface area contributed by atoms with E-state index in [-0.39, 0.29) is 29.7 Å². The van der Waals surface area contributed by atoms with Crippen LogP contribution in [0, 0.1) is 5.92 Å². The van der Waals surface area contributed by atoms with E-state index >= 15 is 0 Å². The second-order valence-corrected chi connectivity index (χ2v) is 8.83. The van der Waals surface area contributed by atoms with Crippen molar-refractivity contribution in [3.8, 4) is 5.75 Å². The predicted molar refractivity (Wildman–Crippen MR) is 129 cm³/mol. The minimum atomic E-state index is -0.518. The highest BCUT2D eigenvalue weighted by molar-refractivity contribution is 5.93. The van der Waals surface area contributed by atoms with Crippen molar-refractivity contribution in [3.05, 3.63) is 69.6 Å². The molecule has 0 unspecified atom stereocenters. The highest BCUT2D eigenvalue weighted by Crippen LogP contribution is 2.26. The number of esters is 1. The molecule has 0 aliphatic carbocycles. The van der Waals surface area contributed by atoms with Gasteiger partial charge < -0.3 is 18.9 Å². The normalized spacial score (nSPS) is 18.7. The molecule has 2 aromatic rings. The largest absolute Gasteiger partial charge is 0.492 e. The Kier molecular flexibility index (Phi) is 7.47. The quantitative estimate of drug-likeness (QED) is 0.583. The molecule has 1 amide bonds. The van der Waals surface area contributed by atoms with Gasteiger partial charge in [-0.05, 0) is 5.56 Å². The van der Waals surface area contributed by atoms with Crippen molar-refractivity contribution in [2.75, 3.05) is 46.9 Å². The van der Waals surface area contributed by atoms with Gasteiger partial charge in [0, 0.05) is 70.3 Å². The molecule has 180 valence electrons. The summed E-state index contributed by atoms with van der Waals surface area (Å²) in [4.78, 5) is 41.4. The van der Waals surface area contributed by atoms with Crippen molar-refractivity contribution < 1.29 is 19.1 Å². The van der Waals surface area contributed by atoms with Crippen LogP contribution in [-0.4, -0.2) is 73.2 Å². The lowest BCUT2D eigenvalue weighted by Crippen LogP contribution is -2.29. The molecule has 1 saturated heterocycles. The molecule has 1 aromatic carbocycles. The zero-order valence-electron chi connectivity index (χ0n) is 19.7. The summed E-state index contributed by atoms with van der Waals surface area (Å²) in [6.07, 6.45) is 5.13. The van der Waals surface area contributed by atoms with Crippen molar-refractivity contribution >= 4 is 18.0 Å². The summed E-state index contributed by atoms with van der Waals surface area (Å²) in [5.41, 5.74) is 1.89. The van der Waals surface area contributed by atoms with Gasteiger partial charge in [-0.25, -0.2) is 4.79 Å². The maximum Gasteiger partial charge on any atom is 0.343 e. The molecule has 4 rings (SSSR count). The van der Waals surface area contributed by atoms with E-state index in [1.807, 2.05) is 18.2 Å². The Bertz CT molecular complexity index is 1130. The molecule has 8 heteroatoms. The molecule has 2 aliphatic heterocycles. The Hall–Kier alpha value is -3.39. The van der Waals surface area contributed by atoms with E-state index in [1.165, 1.54) is 13.2 Å². The number of carbonyl (C=O) groups excluding carboxylic acids is 2. The second-order valence-electron chi connectivity index (χ2n) is 8.83. The van der Waals surface area contributed by atoms with Gasteiger partial charge in [-0.2, -0.15) is 0 Å². The number of aromatic nitrogens is 1. The number of amides is 1. The van der Waals surface area contributed by atoms with Crippen LogP contribution >= 0.6 is 0 Å². The van der Waals surface area contributed by atoms with E-state index < -0.39 is 5.97 Å². The van der Waals surface area contributed by atoms with Crippen LogP contribution in [-0.2, 0) is 22.5 Å².